The second-order valence-electron chi connectivity index (χ2n) is 6.58. The first kappa shape index (κ1) is 18.5. The molecule has 0 bridgehead atoms. The van der Waals surface area contributed by atoms with Gasteiger partial charge < -0.3 is 9.47 Å². The summed E-state index contributed by atoms with van der Waals surface area (Å²) in [7, 11) is 3.20. The molecule has 8 nitrogen and oxygen atoms in total. The monoisotopic (exact) mass is 391 g/mol. The number of aryl methyl sites for hydroxylation is 1. The van der Waals surface area contributed by atoms with Crippen LogP contribution in [-0.4, -0.2) is 38.8 Å². The second kappa shape index (κ2) is 7.67. The fourth-order valence-corrected chi connectivity index (χ4v) is 3.19. The van der Waals surface area contributed by atoms with Gasteiger partial charge in [-0.3, -0.25) is 9.67 Å². The Hall–Kier alpha value is -3.81. The molecular formula is C21H21N5O3. The minimum atomic E-state index is -0.208. The molecule has 0 saturated carbocycles. The van der Waals surface area contributed by atoms with Crippen molar-refractivity contribution < 1.29 is 9.47 Å². The van der Waals surface area contributed by atoms with Gasteiger partial charge in [-0.2, -0.15) is 14.9 Å². The minimum Gasteiger partial charge on any atom is -0.497 e. The molecule has 2 aromatic carbocycles. The lowest BCUT2D eigenvalue weighted by molar-refractivity contribution is 0.393. The van der Waals surface area contributed by atoms with Gasteiger partial charge in [0.25, 0.3) is 0 Å². The van der Waals surface area contributed by atoms with E-state index in [9.17, 15) is 4.79 Å². The highest BCUT2D eigenvalue weighted by Crippen LogP contribution is 2.23. The van der Waals surface area contributed by atoms with Crippen LogP contribution in [0.15, 0.2) is 59.7 Å². The molecule has 0 aliphatic heterocycles. The Balaban J connectivity index is 1.66. The molecule has 4 rings (SSSR count). The Labute approximate surface area is 167 Å². The maximum atomic E-state index is 13.0. The molecule has 2 aromatic heterocycles. The molecule has 0 radical (unpaired) electrons. The second-order valence-corrected chi connectivity index (χ2v) is 6.58. The normalized spacial score (nSPS) is 10.9. The predicted octanol–water partition coefficient (Wildman–Crippen LogP) is 2.80. The zero-order valence-electron chi connectivity index (χ0n) is 16.4. The number of hydrogen-bond acceptors (Lipinski definition) is 5. The molecule has 0 unspecified atom stereocenters. The number of nitrogens with one attached hydrogen (secondary N) is 1. The van der Waals surface area contributed by atoms with Crippen LogP contribution in [0.1, 0.15) is 11.4 Å². The third-order valence-corrected chi connectivity index (χ3v) is 4.74. The van der Waals surface area contributed by atoms with E-state index in [1.807, 2.05) is 49.5 Å². The molecule has 1 N–H and O–H groups in total. The van der Waals surface area contributed by atoms with E-state index in [2.05, 4.69) is 15.3 Å². The van der Waals surface area contributed by atoms with Gasteiger partial charge in [0.1, 0.15) is 17.3 Å². The Morgan fingerprint density at radius 3 is 2.28 bits per heavy atom. The van der Waals surface area contributed by atoms with E-state index in [0.29, 0.717) is 29.6 Å². The van der Waals surface area contributed by atoms with Crippen LogP contribution in [0, 0.1) is 6.92 Å². The molecule has 0 atom stereocenters. The van der Waals surface area contributed by atoms with E-state index in [-0.39, 0.29) is 5.69 Å². The SMILES string of the molecule is COc1cc(Cn2c(C)nn(-c3ccc(-c4cn[nH]c4)cc3)c2=O)cc(OC)c1. The molecular weight excluding hydrogens is 370 g/mol. The summed E-state index contributed by atoms with van der Waals surface area (Å²) in [5.41, 5.74) is 3.38. The average Bonchev–Trinajstić information content (AvgIpc) is 3.38. The smallest absolute Gasteiger partial charge is 0.351 e. The lowest BCUT2D eigenvalue weighted by Crippen LogP contribution is -2.24. The maximum Gasteiger partial charge on any atom is 0.351 e. The van der Waals surface area contributed by atoms with Crippen molar-refractivity contribution in [2.24, 2.45) is 0 Å². The Kier molecular flexibility index (Phi) is 4.90. The highest BCUT2D eigenvalue weighted by atomic mass is 16.5. The zero-order chi connectivity index (χ0) is 20.4. The lowest BCUT2D eigenvalue weighted by Gasteiger charge is -2.09. The fourth-order valence-electron chi connectivity index (χ4n) is 3.19. The van der Waals surface area contributed by atoms with Crippen LogP contribution in [0.25, 0.3) is 16.8 Å². The van der Waals surface area contributed by atoms with Crippen LogP contribution in [-0.2, 0) is 6.54 Å². The summed E-state index contributed by atoms with van der Waals surface area (Å²) < 4.78 is 13.7. The predicted molar refractivity (Wildman–Crippen MR) is 109 cm³/mol. The highest BCUT2D eigenvalue weighted by molar-refractivity contribution is 5.62. The van der Waals surface area contributed by atoms with Gasteiger partial charge in [0.15, 0.2) is 0 Å². The lowest BCUT2D eigenvalue weighted by atomic mass is 10.1. The largest absolute Gasteiger partial charge is 0.497 e. The van der Waals surface area contributed by atoms with Crippen molar-refractivity contribution in [2.75, 3.05) is 14.2 Å². The van der Waals surface area contributed by atoms with Crippen LogP contribution >= 0.6 is 0 Å². The number of H-pyrrole nitrogens is 1. The molecule has 0 aliphatic rings. The molecule has 29 heavy (non-hydrogen) atoms. The third-order valence-electron chi connectivity index (χ3n) is 4.74. The number of nitrogens with zero attached hydrogens (tertiary/aromatic N) is 4. The zero-order valence-corrected chi connectivity index (χ0v) is 16.4. The summed E-state index contributed by atoms with van der Waals surface area (Å²) in [6.45, 7) is 2.18. The number of aromatic nitrogens is 5. The van der Waals surface area contributed by atoms with Gasteiger partial charge in [-0.15, -0.1) is 0 Å². The molecule has 0 fully saturated rings. The van der Waals surface area contributed by atoms with Crippen LogP contribution in [0.2, 0.25) is 0 Å². The van der Waals surface area contributed by atoms with Crippen molar-refractivity contribution in [1.29, 1.82) is 0 Å². The van der Waals surface area contributed by atoms with Gasteiger partial charge in [0, 0.05) is 17.8 Å². The van der Waals surface area contributed by atoms with Gasteiger partial charge in [-0.05, 0) is 42.3 Å². The molecule has 0 aliphatic carbocycles. The summed E-state index contributed by atoms with van der Waals surface area (Å²) in [5, 5.41) is 11.2. The first-order valence-electron chi connectivity index (χ1n) is 9.07. The first-order chi connectivity index (χ1) is 14.1. The topological polar surface area (TPSA) is 87.0 Å². The van der Waals surface area contributed by atoms with Crippen LogP contribution < -0.4 is 15.2 Å². The van der Waals surface area contributed by atoms with Crippen molar-refractivity contribution >= 4 is 0 Å². The van der Waals surface area contributed by atoms with Crippen molar-refractivity contribution in [3.05, 3.63) is 76.7 Å². The molecule has 0 amide bonds. The van der Waals surface area contributed by atoms with E-state index in [4.69, 9.17) is 9.47 Å². The van der Waals surface area contributed by atoms with E-state index < -0.39 is 0 Å². The van der Waals surface area contributed by atoms with Crippen LogP contribution in [0.5, 0.6) is 11.5 Å². The van der Waals surface area contributed by atoms with Crippen molar-refractivity contribution in [3.63, 3.8) is 0 Å². The van der Waals surface area contributed by atoms with Gasteiger partial charge in [0.05, 0.1) is 32.6 Å². The van der Waals surface area contributed by atoms with E-state index in [0.717, 1.165) is 16.7 Å². The van der Waals surface area contributed by atoms with E-state index >= 15 is 0 Å². The summed E-state index contributed by atoms with van der Waals surface area (Å²) in [5.74, 6) is 1.97. The molecule has 2 heterocycles. The highest BCUT2D eigenvalue weighted by Gasteiger charge is 2.13. The number of ether oxygens (including phenoxy) is 2. The Bertz CT molecular complexity index is 1150. The number of rotatable bonds is 6. The molecule has 8 heteroatoms. The first-order valence-corrected chi connectivity index (χ1v) is 9.07. The van der Waals surface area contributed by atoms with Gasteiger partial charge in [-0.25, -0.2) is 4.79 Å². The number of aromatic amines is 1. The molecule has 0 spiro atoms. The number of benzene rings is 2. The van der Waals surface area contributed by atoms with Gasteiger partial charge in [0.2, 0.25) is 0 Å². The summed E-state index contributed by atoms with van der Waals surface area (Å²) in [6, 6.07) is 13.2. The summed E-state index contributed by atoms with van der Waals surface area (Å²) >= 11 is 0. The molecule has 4 aromatic rings. The standard InChI is InChI=1S/C21H21N5O3/c1-14-24-26(18-6-4-16(5-7-18)17-11-22-23-12-17)21(27)25(14)13-15-8-19(28-2)10-20(9-15)29-3/h4-12H,13H2,1-3H3,(H,22,23). The van der Waals surface area contributed by atoms with Crippen molar-refractivity contribution in [1.82, 2.24) is 24.5 Å². The molecule has 148 valence electrons. The number of hydrogen-bond donors (Lipinski definition) is 1. The summed E-state index contributed by atoms with van der Waals surface area (Å²) in [6.07, 6.45) is 3.57. The molecule has 0 saturated heterocycles. The van der Waals surface area contributed by atoms with Crippen LogP contribution in [0.4, 0.5) is 0 Å². The van der Waals surface area contributed by atoms with Gasteiger partial charge in [-0.1, -0.05) is 12.1 Å². The van der Waals surface area contributed by atoms with Crippen molar-refractivity contribution in [2.45, 2.75) is 13.5 Å². The van der Waals surface area contributed by atoms with E-state index in [1.54, 1.807) is 31.0 Å². The number of methoxy groups -OCH3 is 2. The fraction of sp³-hybridized carbons (Fsp3) is 0.190. The average molecular weight is 391 g/mol. The maximum absolute atomic E-state index is 13.0. The quantitative estimate of drug-likeness (QED) is 0.546. The summed E-state index contributed by atoms with van der Waals surface area (Å²) in [4.78, 5) is 13.0. The minimum absolute atomic E-state index is 0.208. The van der Waals surface area contributed by atoms with Crippen LogP contribution in [0.3, 0.4) is 0 Å². The Morgan fingerprint density at radius 2 is 1.69 bits per heavy atom. The van der Waals surface area contributed by atoms with E-state index in [1.165, 1.54) is 4.68 Å². The Morgan fingerprint density at radius 1 is 1.00 bits per heavy atom. The van der Waals surface area contributed by atoms with Gasteiger partial charge >= 0.3 is 5.69 Å². The van der Waals surface area contributed by atoms with Crippen molar-refractivity contribution in [3.8, 4) is 28.3 Å². The third kappa shape index (κ3) is 3.64.